The molecule has 1 aromatic heterocycles. The Hall–Kier alpha value is -1.37. The molecule has 7 heteroatoms. The lowest BCUT2D eigenvalue weighted by molar-refractivity contribution is -0.120. The Morgan fingerprint density at radius 2 is 2.05 bits per heavy atom. The van der Waals surface area contributed by atoms with E-state index in [4.69, 9.17) is 0 Å². The largest absolute Gasteiger partial charge is 0.405 e. The molecule has 1 N–H and O–H groups in total. The second kappa shape index (κ2) is 6.17. The summed E-state index contributed by atoms with van der Waals surface area (Å²) in [5.74, 6) is -0.348. The summed E-state index contributed by atoms with van der Waals surface area (Å²) in [6.07, 6.45) is -1.27. The molecule has 1 saturated carbocycles. The van der Waals surface area contributed by atoms with Gasteiger partial charge in [-0.1, -0.05) is 0 Å². The number of hydrogen-bond donors (Lipinski definition) is 1. The molecule has 0 atom stereocenters. The topological polar surface area (TPSA) is 28.2 Å². The normalized spacial score (nSPS) is 15.6. The van der Waals surface area contributed by atoms with E-state index in [-0.39, 0.29) is 11.9 Å². The number of nitrogens with one attached hydrogen (secondary N) is 1. The zero-order valence-electron chi connectivity index (χ0n) is 12.0. The van der Waals surface area contributed by atoms with E-state index >= 15 is 0 Å². The Morgan fingerprint density at radius 1 is 1.38 bits per heavy atom. The molecule has 1 aromatic rings. The van der Waals surface area contributed by atoms with Gasteiger partial charge in [-0.05, 0) is 32.8 Å². The SMILES string of the molecule is CC(C)N(CC(F)(F)F)c1ncc(F)cc1CNC1CC1. The van der Waals surface area contributed by atoms with Gasteiger partial charge in [0.15, 0.2) is 0 Å². The third-order valence-corrected chi connectivity index (χ3v) is 3.31. The van der Waals surface area contributed by atoms with E-state index in [1.54, 1.807) is 13.8 Å². The summed E-state index contributed by atoms with van der Waals surface area (Å²) in [5.41, 5.74) is 0.458. The predicted molar refractivity (Wildman–Crippen MR) is 72.6 cm³/mol. The van der Waals surface area contributed by atoms with Crippen molar-refractivity contribution in [3.05, 3.63) is 23.6 Å². The number of pyridine rings is 1. The van der Waals surface area contributed by atoms with E-state index in [2.05, 4.69) is 10.3 Å². The Kier molecular flexibility index (Phi) is 4.70. The van der Waals surface area contributed by atoms with Crippen LogP contribution in [0.25, 0.3) is 0 Å². The van der Waals surface area contributed by atoms with Crippen LogP contribution in [-0.4, -0.2) is 29.8 Å². The Morgan fingerprint density at radius 3 is 2.57 bits per heavy atom. The zero-order chi connectivity index (χ0) is 15.6. The molecule has 1 aliphatic carbocycles. The van der Waals surface area contributed by atoms with Crippen molar-refractivity contribution in [2.24, 2.45) is 0 Å². The minimum absolute atomic E-state index is 0.192. The lowest BCUT2D eigenvalue weighted by Gasteiger charge is -2.30. The molecule has 118 valence electrons. The van der Waals surface area contributed by atoms with Gasteiger partial charge in [0.25, 0.3) is 0 Å². The van der Waals surface area contributed by atoms with Gasteiger partial charge >= 0.3 is 6.18 Å². The number of nitrogens with zero attached hydrogens (tertiary/aromatic N) is 2. The molecule has 0 saturated heterocycles. The van der Waals surface area contributed by atoms with Gasteiger partial charge in [0.1, 0.15) is 18.2 Å². The average molecular weight is 305 g/mol. The Bertz CT molecular complexity index is 484. The molecule has 1 heterocycles. The Balaban J connectivity index is 2.24. The molecule has 1 fully saturated rings. The standard InChI is InChI=1S/C14H19F4N3/c1-9(2)21(8-14(16,17)18)13-10(5-11(15)7-20-13)6-19-12-3-4-12/h5,7,9,12,19H,3-4,6,8H2,1-2H3. The maximum absolute atomic E-state index is 13.4. The first-order chi connectivity index (χ1) is 9.76. The molecular formula is C14H19F4N3. The third-order valence-electron chi connectivity index (χ3n) is 3.31. The molecule has 3 nitrogen and oxygen atoms in total. The molecule has 0 spiro atoms. The molecule has 0 radical (unpaired) electrons. The van der Waals surface area contributed by atoms with Crippen LogP contribution in [0.4, 0.5) is 23.4 Å². The summed E-state index contributed by atoms with van der Waals surface area (Å²) in [6, 6.07) is 1.25. The van der Waals surface area contributed by atoms with Crippen molar-refractivity contribution in [3.63, 3.8) is 0 Å². The fraction of sp³-hybridized carbons (Fsp3) is 0.643. The van der Waals surface area contributed by atoms with Gasteiger partial charge in [-0.15, -0.1) is 0 Å². The highest BCUT2D eigenvalue weighted by molar-refractivity contribution is 5.48. The zero-order valence-corrected chi connectivity index (χ0v) is 12.0. The summed E-state index contributed by atoms with van der Waals surface area (Å²) >= 11 is 0. The van der Waals surface area contributed by atoms with Crippen LogP contribution in [0, 0.1) is 5.82 Å². The van der Waals surface area contributed by atoms with Crippen LogP contribution in [0.5, 0.6) is 0 Å². The summed E-state index contributed by atoms with van der Waals surface area (Å²) in [4.78, 5) is 5.05. The number of halogens is 4. The molecule has 2 rings (SSSR count). The minimum Gasteiger partial charge on any atom is -0.345 e. The average Bonchev–Trinajstić information content (AvgIpc) is 3.16. The molecule has 0 amide bonds. The fourth-order valence-corrected chi connectivity index (χ4v) is 2.10. The monoisotopic (exact) mass is 305 g/mol. The van der Waals surface area contributed by atoms with E-state index in [0.717, 1.165) is 23.9 Å². The van der Waals surface area contributed by atoms with Crippen molar-refractivity contribution in [1.82, 2.24) is 10.3 Å². The van der Waals surface area contributed by atoms with Crippen molar-refractivity contribution in [2.45, 2.75) is 51.5 Å². The van der Waals surface area contributed by atoms with Gasteiger partial charge in [0.2, 0.25) is 0 Å². The number of anilines is 1. The van der Waals surface area contributed by atoms with E-state index in [0.29, 0.717) is 18.2 Å². The van der Waals surface area contributed by atoms with E-state index in [1.165, 1.54) is 6.07 Å². The highest BCUT2D eigenvalue weighted by atomic mass is 19.4. The fourth-order valence-electron chi connectivity index (χ4n) is 2.10. The lowest BCUT2D eigenvalue weighted by Crippen LogP contribution is -2.40. The smallest absolute Gasteiger partial charge is 0.345 e. The van der Waals surface area contributed by atoms with Crippen molar-refractivity contribution in [3.8, 4) is 0 Å². The molecule has 0 aliphatic heterocycles. The van der Waals surface area contributed by atoms with Gasteiger partial charge in [-0.2, -0.15) is 13.2 Å². The van der Waals surface area contributed by atoms with Gasteiger partial charge in [0.05, 0.1) is 6.20 Å². The quantitative estimate of drug-likeness (QED) is 0.818. The summed E-state index contributed by atoms with van der Waals surface area (Å²) < 4.78 is 51.5. The predicted octanol–water partition coefficient (Wildman–Crippen LogP) is 3.25. The number of hydrogen-bond acceptors (Lipinski definition) is 3. The summed E-state index contributed by atoms with van der Waals surface area (Å²) in [5, 5.41) is 3.18. The van der Waals surface area contributed by atoms with Crippen molar-refractivity contribution in [1.29, 1.82) is 0 Å². The molecule has 0 unspecified atom stereocenters. The first-order valence-electron chi connectivity index (χ1n) is 6.97. The number of alkyl halides is 3. The maximum Gasteiger partial charge on any atom is 0.405 e. The molecule has 21 heavy (non-hydrogen) atoms. The van der Waals surface area contributed by atoms with Crippen molar-refractivity contribution < 1.29 is 17.6 Å². The van der Waals surface area contributed by atoms with Crippen LogP contribution in [0.3, 0.4) is 0 Å². The molecule has 0 bridgehead atoms. The second-order valence-electron chi connectivity index (χ2n) is 5.63. The first-order valence-corrected chi connectivity index (χ1v) is 6.97. The maximum atomic E-state index is 13.4. The highest BCUT2D eigenvalue weighted by Crippen LogP contribution is 2.27. The van der Waals surface area contributed by atoms with Crippen molar-refractivity contribution >= 4 is 5.82 Å². The minimum atomic E-state index is -4.33. The molecule has 0 aromatic carbocycles. The van der Waals surface area contributed by atoms with Crippen LogP contribution in [0.15, 0.2) is 12.3 Å². The van der Waals surface area contributed by atoms with Gasteiger partial charge in [-0.3, -0.25) is 0 Å². The highest BCUT2D eigenvalue weighted by Gasteiger charge is 2.33. The van der Waals surface area contributed by atoms with Crippen LogP contribution in [0.1, 0.15) is 32.3 Å². The summed E-state index contributed by atoms with van der Waals surface area (Å²) in [6.45, 7) is 2.55. The Labute approximate surface area is 121 Å². The van der Waals surface area contributed by atoms with Crippen LogP contribution in [0.2, 0.25) is 0 Å². The summed E-state index contributed by atoms with van der Waals surface area (Å²) in [7, 11) is 0. The van der Waals surface area contributed by atoms with E-state index in [1.807, 2.05) is 0 Å². The van der Waals surface area contributed by atoms with Gasteiger partial charge in [0, 0.05) is 24.2 Å². The van der Waals surface area contributed by atoms with Crippen molar-refractivity contribution in [2.75, 3.05) is 11.4 Å². The molecular weight excluding hydrogens is 286 g/mol. The first kappa shape index (κ1) is 16.0. The van der Waals surface area contributed by atoms with E-state index in [9.17, 15) is 17.6 Å². The van der Waals surface area contributed by atoms with Crippen LogP contribution in [-0.2, 0) is 6.54 Å². The van der Waals surface area contributed by atoms with Crippen LogP contribution < -0.4 is 10.2 Å². The van der Waals surface area contributed by atoms with Crippen LogP contribution >= 0.6 is 0 Å². The van der Waals surface area contributed by atoms with E-state index < -0.39 is 18.5 Å². The molecule has 1 aliphatic rings. The second-order valence-corrected chi connectivity index (χ2v) is 5.63. The number of aromatic nitrogens is 1. The van der Waals surface area contributed by atoms with Gasteiger partial charge in [-0.25, -0.2) is 9.37 Å². The third kappa shape index (κ3) is 4.84. The number of rotatable bonds is 6. The lowest BCUT2D eigenvalue weighted by atomic mass is 10.2. The van der Waals surface area contributed by atoms with Gasteiger partial charge < -0.3 is 10.2 Å².